The van der Waals surface area contributed by atoms with Gasteiger partial charge in [-0.3, -0.25) is 48.9 Å². The summed E-state index contributed by atoms with van der Waals surface area (Å²) < 4.78 is 10.1. The van der Waals surface area contributed by atoms with Crippen LogP contribution in [0.2, 0.25) is 5.02 Å². The number of aryl methyl sites for hydroxylation is 2. The van der Waals surface area contributed by atoms with Crippen molar-refractivity contribution in [2.24, 2.45) is 0 Å². The molecule has 0 N–H and O–H groups in total. The van der Waals surface area contributed by atoms with Crippen LogP contribution in [0.25, 0.3) is 0 Å². The van der Waals surface area contributed by atoms with Gasteiger partial charge in [0.1, 0.15) is 23.2 Å². The van der Waals surface area contributed by atoms with Gasteiger partial charge in [-0.05, 0) is 189 Å². The molecule has 6 aliphatic heterocycles. The Morgan fingerprint density at radius 2 is 1.14 bits per heavy atom. The van der Waals surface area contributed by atoms with Crippen LogP contribution < -0.4 is 0 Å². The van der Waals surface area contributed by atoms with E-state index < -0.39 is 0 Å². The van der Waals surface area contributed by atoms with E-state index in [1.807, 2.05) is 36.2 Å². The number of aromatic nitrogens is 4. The zero-order valence-electron chi connectivity index (χ0n) is 61.9. The third-order valence-electron chi connectivity index (χ3n) is 19.9. The van der Waals surface area contributed by atoms with Gasteiger partial charge < -0.3 is 18.8 Å². The summed E-state index contributed by atoms with van der Waals surface area (Å²) in [6.07, 6.45) is 10.7. The number of amides is 1. The van der Waals surface area contributed by atoms with E-state index in [0.29, 0.717) is 71.0 Å². The molecule has 6 saturated heterocycles. The van der Waals surface area contributed by atoms with E-state index in [1.165, 1.54) is 108 Å². The highest BCUT2D eigenvalue weighted by molar-refractivity contribution is 7.10. The average Bonchev–Trinajstić information content (AvgIpc) is 1.26. The molecule has 0 spiro atoms. The number of nitriles is 1. The van der Waals surface area contributed by atoms with E-state index in [2.05, 4.69) is 227 Å². The number of hydrogen-bond acceptors (Lipinski definition) is 18. The summed E-state index contributed by atoms with van der Waals surface area (Å²) in [6.45, 7) is 47.4. The van der Waals surface area contributed by atoms with Crippen LogP contribution in [0.3, 0.4) is 0 Å². The molecule has 10 heterocycles. The van der Waals surface area contributed by atoms with Crippen molar-refractivity contribution in [1.29, 1.82) is 5.26 Å². The molecule has 6 aliphatic rings. The van der Waals surface area contributed by atoms with Gasteiger partial charge >= 0.3 is 0 Å². The molecule has 4 aromatic heterocycles. The number of rotatable bonds is 18. The van der Waals surface area contributed by atoms with Crippen LogP contribution in [0.4, 0.5) is 0 Å². The lowest BCUT2D eigenvalue weighted by Crippen LogP contribution is -2.53. The molecule has 18 nitrogen and oxygen atoms in total. The van der Waals surface area contributed by atoms with Gasteiger partial charge in [-0.2, -0.15) is 10.2 Å². The van der Waals surface area contributed by atoms with Crippen LogP contribution in [-0.2, 0) is 17.8 Å². The topological polar surface area (TPSA) is 165 Å². The first-order valence-electron chi connectivity index (χ1n) is 36.7. The highest BCUT2D eigenvalue weighted by Crippen LogP contribution is 2.36. The van der Waals surface area contributed by atoms with E-state index in [0.717, 1.165) is 82.6 Å². The van der Waals surface area contributed by atoms with Crippen molar-refractivity contribution in [2.45, 2.75) is 222 Å². The molecule has 4 unspecified atom stereocenters. The van der Waals surface area contributed by atoms with Crippen LogP contribution in [0.15, 0.2) is 112 Å². The molecule has 12 rings (SSSR count). The number of thiophene rings is 1. The number of benzene rings is 2. The number of pyridine rings is 1. The number of Topliss-reactive ketones (excluding diaryl/α,β-unsaturated/α-hetero) is 1. The lowest BCUT2D eigenvalue weighted by atomic mass is 10.1. The lowest BCUT2D eigenvalue weighted by molar-refractivity contribution is -0.133. The van der Waals surface area contributed by atoms with E-state index in [1.54, 1.807) is 10.9 Å². The number of nitrogens with zero attached hydrogens (tertiary/aromatic N) is 14. The predicted molar refractivity (Wildman–Crippen MR) is 398 cm³/mol. The molecule has 20 heteroatoms. The monoisotopic (exact) mass is 1380 g/mol. The first kappa shape index (κ1) is 79.6. The molecule has 4 atom stereocenters. The van der Waals surface area contributed by atoms with Gasteiger partial charge in [0.15, 0.2) is 11.6 Å². The van der Waals surface area contributed by atoms with Crippen LogP contribution in [-0.4, -0.2) is 217 Å². The Bertz CT molecular complexity index is 3170. The Hall–Kier alpha value is -5.76. The minimum Gasteiger partial charge on any atom is -0.361 e. The summed E-state index contributed by atoms with van der Waals surface area (Å²) in [5.41, 5.74) is 4.17. The summed E-state index contributed by atoms with van der Waals surface area (Å²) in [4.78, 5) is 55.6. The molecule has 1 amide bonds. The maximum absolute atomic E-state index is 12.2. The smallest absolute Gasteiger partial charge is 0.223 e. The fraction of sp³-hybridized carbons (Fsp3) is 0.628. The fourth-order valence-electron chi connectivity index (χ4n) is 14.0. The first-order valence-corrected chi connectivity index (χ1v) is 38.0. The maximum Gasteiger partial charge on any atom is 0.223 e. The second-order valence-corrected chi connectivity index (χ2v) is 30.1. The van der Waals surface area contributed by atoms with E-state index in [9.17, 15) is 14.9 Å². The molecule has 538 valence electrons. The first-order chi connectivity index (χ1) is 47.1. The number of hydrogen-bond donors (Lipinski definition) is 0. The van der Waals surface area contributed by atoms with E-state index in [4.69, 9.17) is 20.6 Å². The van der Waals surface area contributed by atoms with Gasteiger partial charge in [-0.25, -0.2) is 0 Å². The quantitative estimate of drug-likeness (QED) is 0.0745. The molecule has 0 aliphatic carbocycles. The summed E-state index contributed by atoms with van der Waals surface area (Å²) >= 11 is 7.74. The minimum atomic E-state index is -0.142. The summed E-state index contributed by atoms with van der Waals surface area (Å²) in [5.74, 6) is 2.33. The van der Waals surface area contributed by atoms with Crippen molar-refractivity contribution < 1.29 is 18.6 Å². The third-order valence-corrected chi connectivity index (χ3v) is 21.1. The fourth-order valence-corrected chi connectivity index (χ4v) is 15.1. The molecule has 98 heavy (non-hydrogen) atoms. The Kier molecular flexibility index (Phi) is 33.5. The molecule has 2 aromatic carbocycles. The zero-order valence-corrected chi connectivity index (χ0v) is 63.5. The Balaban J connectivity index is 0.000000167. The van der Waals surface area contributed by atoms with Gasteiger partial charge in [0.25, 0.3) is 0 Å². The number of piperazine rings is 3. The van der Waals surface area contributed by atoms with Gasteiger partial charge in [-0.1, -0.05) is 88.6 Å². The van der Waals surface area contributed by atoms with Crippen molar-refractivity contribution in [3.63, 3.8) is 0 Å². The van der Waals surface area contributed by atoms with Crippen LogP contribution in [0.5, 0.6) is 0 Å². The number of likely N-dealkylation sites (tertiary alicyclic amines) is 3. The van der Waals surface area contributed by atoms with E-state index >= 15 is 0 Å². The van der Waals surface area contributed by atoms with Crippen molar-refractivity contribution in [1.82, 2.24) is 64.4 Å². The largest absolute Gasteiger partial charge is 0.361 e. The summed E-state index contributed by atoms with van der Waals surface area (Å²) in [7, 11) is 0. The lowest BCUT2D eigenvalue weighted by Gasteiger charge is -2.40. The number of halogens is 1. The van der Waals surface area contributed by atoms with Crippen molar-refractivity contribution >= 4 is 34.6 Å². The van der Waals surface area contributed by atoms with Crippen molar-refractivity contribution in [3.05, 3.63) is 152 Å². The number of carbonyl (C=O) groups excluding carboxylic acids is 2. The molecule has 0 radical (unpaired) electrons. The summed E-state index contributed by atoms with van der Waals surface area (Å²) in [5, 5.41) is 20.1. The zero-order chi connectivity index (χ0) is 70.7. The van der Waals surface area contributed by atoms with Gasteiger partial charge in [-0.15, -0.1) is 11.3 Å². The van der Waals surface area contributed by atoms with Crippen LogP contribution >= 0.6 is 22.9 Å². The average molecular weight is 1380 g/mol. The van der Waals surface area contributed by atoms with Crippen LogP contribution in [0.1, 0.15) is 202 Å². The molecule has 6 aromatic rings. The van der Waals surface area contributed by atoms with Gasteiger partial charge in [0, 0.05) is 169 Å². The molecular formula is C78H119ClN14O4S. The summed E-state index contributed by atoms with van der Waals surface area (Å²) in [6, 6.07) is 38.5. The van der Waals surface area contributed by atoms with Gasteiger partial charge in [0.05, 0.1) is 18.2 Å². The maximum atomic E-state index is 12.2. The Labute approximate surface area is 598 Å². The highest BCUT2D eigenvalue weighted by atomic mass is 35.5. The molecule has 6 fully saturated rings. The minimum absolute atomic E-state index is 0.0151. The normalized spacial score (nSPS) is 20.9. The highest BCUT2D eigenvalue weighted by Gasteiger charge is 2.33. The second-order valence-electron chi connectivity index (χ2n) is 28.7. The van der Waals surface area contributed by atoms with Crippen molar-refractivity contribution in [2.75, 3.05) is 98.2 Å². The second kappa shape index (κ2) is 41.2. The predicted octanol–water partition coefficient (Wildman–Crippen LogP) is 14.4. The van der Waals surface area contributed by atoms with Gasteiger partial charge in [0.2, 0.25) is 11.8 Å². The standard InChI is InChI=1S/C16H22ClN3O2.C15H21N3.C15H24N2.C11H18N2O.C11H17NS.C10H17N3O/c1-12(2)19-7-9-20(10-8-19)16(22)4-3-15(21)14-11-13(17)5-6-18-14;1-13(2)17-8-9-18(15(10-16)12-17)11-14-6-4-3-5-7-14;1-14(2)17-12-10-16(11-13-17)9-8-15-6-4-3-5-7-15;1-8(2)13-6-4-5-11(13)10-7-9(3)14-12-10;1-9(2)12-7-3-5-10(12)11-6-4-8-13-11;1-7(2)13-6-4-5-9(13)10-11-8(3)14-12-10/h5-6,11-12H,3-4,7-10H2,1-2H3;3-7,13,15H,8-9,11-12H2,1-2H3;3-7,14H,8-13H2,1-2H3;7-8,11H,4-6H2,1-3H3;4,6,8-10H,3,5,7H2,1-2H3;7,9H,4-6H2,1-3H3. The van der Waals surface area contributed by atoms with E-state index in [-0.39, 0.29) is 30.6 Å². The SMILES string of the molecule is CC(C)N1CCCC1c1cccs1.CC(C)N1CCN(C(=O)CCC(=O)c2cc(Cl)ccn2)CC1.CC(C)N1CCN(CCc2ccccc2)CC1.CC(C)N1CCN(Cc2ccccc2)C(C#N)C1.Cc1cc(C2CCCN2C(C)C)no1.Cc1nc(C2CCCN2C(C)C)no1. The number of carbonyl (C=O) groups is 2. The third kappa shape index (κ3) is 25.4. The molecular weight excluding hydrogens is 1260 g/mol. The molecule has 0 saturated carbocycles. The Morgan fingerprint density at radius 3 is 1.66 bits per heavy atom. The number of ketones is 1. The van der Waals surface area contributed by atoms with Crippen molar-refractivity contribution in [3.8, 4) is 6.07 Å². The Morgan fingerprint density at radius 1 is 0.592 bits per heavy atom. The molecule has 0 bridgehead atoms. The van der Waals surface area contributed by atoms with Crippen LogP contribution in [0, 0.1) is 25.2 Å².